The fourth-order valence-corrected chi connectivity index (χ4v) is 1.21. The van der Waals surface area contributed by atoms with Crippen molar-refractivity contribution < 1.29 is 23.6 Å². The Labute approximate surface area is 88.5 Å². The van der Waals surface area contributed by atoms with Crippen LogP contribution in [0.3, 0.4) is 0 Å². The van der Waals surface area contributed by atoms with Crippen molar-refractivity contribution >= 4 is 11.5 Å². The number of carbonyl (C=O) groups excluding carboxylic acids is 1. The Morgan fingerprint density at radius 2 is 2.06 bits per heavy atom. The summed E-state index contributed by atoms with van der Waals surface area (Å²) in [6, 6.07) is 1.19. The number of hydrogen-bond acceptors (Lipinski definition) is 4. The Kier molecular flexibility index (Phi) is 3.17. The molecule has 1 rings (SSSR count). The second-order valence-corrected chi connectivity index (χ2v) is 3.04. The molecule has 0 atom stereocenters. The van der Waals surface area contributed by atoms with Gasteiger partial charge in [0, 0.05) is 0 Å². The molecule has 16 heavy (non-hydrogen) atoms. The maximum atomic E-state index is 12.5. The van der Waals surface area contributed by atoms with Crippen LogP contribution in [0.5, 0.6) is 5.75 Å². The molecule has 1 aromatic rings. The molecule has 1 aromatic carbocycles. The molecule has 0 aliphatic carbocycles. The van der Waals surface area contributed by atoms with Crippen molar-refractivity contribution in [2.75, 3.05) is 0 Å². The molecule has 86 valence electrons. The van der Waals surface area contributed by atoms with Crippen molar-refractivity contribution in [2.45, 2.75) is 13.3 Å². The van der Waals surface area contributed by atoms with Crippen molar-refractivity contribution in [3.63, 3.8) is 0 Å². The molecule has 0 aliphatic heterocycles. The highest BCUT2D eigenvalue weighted by molar-refractivity contribution is 5.97. The van der Waals surface area contributed by atoms with E-state index < -0.39 is 34.1 Å². The highest BCUT2D eigenvalue weighted by Crippen LogP contribution is 2.34. The van der Waals surface area contributed by atoms with Gasteiger partial charge in [-0.25, -0.2) is 8.78 Å². The van der Waals surface area contributed by atoms with Crippen molar-refractivity contribution in [1.82, 2.24) is 0 Å². The zero-order chi connectivity index (χ0) is 12.5. The second-order valence-electron chi connectivity index (χ2n) is 3.04. The van der Waals surface area contributed by atoms with Gasteiger partial charge in [-0.05, 0) is 13.0 Å². The summed E-state index contributed by atoms with van der Waals surface area (Å²) in [7, 11) is 0. The van der Waals surface area contributed by atoms with Gasteiger partial charge in [0.2, 0.25) is 0 Å². The minimum absolute atomic E-state index is 0.360. The summed E-state index contributed by atoms with van der Waals surface area (Å²) in [6.07, 6.45) is -3.08. The average Bonchev–Trinajstić information content (AvgIpc) is 2.15. The summed E-state index contributed by atoms with van der Waals surface area (Å²) in [5.74, 6) is -1.32. The zero-order valence-corrected chi connectivity index (χ0v) is 8.11. The number of alkyl halides is 2. The summed E-state index contributed by atoms with van der Waals surface area (Å²) < 4.78 is 24.9. The van der Waals surface area contributed by atoms with E-state index in [4.69, 9.17) is 0 Å². The maximum absolute atomic E-state index is 12.5. The molecular weight excluding hydrogens is 224 g/mol. The van der Waals surface area contributed by atoms with Gasteiger partial charge in [0.05, 0.1) is 22.1 Å². The van der Waals surface area contributed by atoms with E-state index in [1.54, 1.807) is 0 Å². The van der Waals surface area contributed by atoms with Gasteiger partial charge in [0.15, 0.2) is 5.78 Å². The smallest absolute Gasteiger partial charge is 0.282 e. The third-order valence-electron chi connectivity index (χ3n) is 1.96. The second kappa shape index (κ2) is 4.21. The van der Waals surface area contributed by atoms with Crippen LogP contribution in [-0.4, -0.2) is 15.8 Å². The summed E-state index contributed by atoms with van der Waals surface area (Å²) in [4.78, 5) is 20.3. The van der Waals surface area contributed by atoms with E-state index in [0.717, 1.165) is 6.92 Å². The summed E-state index contributed by atoms with van der Waals surface area (Å²) in [5, 5.41) is 19.7. The van der Waals surface area contributed by atoms with Crippen LogP contribution in [0.2, 0.25) is 0 Å². The number of rotatable bonds is 3. The number of Topliss-reactive ketones (excluding diaryl/α,β-unsaturated/α-hetero) is 1. The molecular formula is C9H7F2NO4. The van der Waals surface area contributed by atoms with Crippen LogP contribution in [-0.2, 0) is 0 Å². The first-order chi connectivity index (χ1) is 7.34. The van der Waals surface area contributed by atoms with Gasteiger partial charge in [-0.3, -0.25) is 14.9 Å². The number of halogens is 2. The van der Waals surface area contributed by atoms with Crippen LogP contribution in [0.4, 0.5) is 14.5 Å². The van der Waals surface area contributed by atoms with Crippen molar-refractivity contribution in [1.29, 1.82) is 0 Å². The van der Waals surface area contributed by atoms with Crippen LogP contribution in [0, 0.1) is 10.1 Å². The van der Waals surface area contributed by atoms with E-state index in [2.05, 4.69) is 0 Å². The lowest BCUT2D eigenvalue weighted by molar-refractivity contribution is -0.386. The van der Waals surface area contributed by atoms with Crippen molar-refractivity contribution in [2.24, 2.45) is 0 Å². The third kappa shape index (κ3) is 2.13. The zero-order valence-electron chi connectivity index (χ0n) is 8.11. The molecule has 0 spiro atoms. The van der Waals surface area contributed by atoms with E-state index in [-0.39, 0.29) is 5.56 Å². The predicted molar refractivity (Wildman–Crippen MR) is 49.7 cm³/mol. The van der Waals surface area contributed by atoms with Crippen LogP contribution < -0.4 is 0 Å². The van der Waals surface area contributed by atoms with Gasteiger partial charge in [0.25, 0.3) is 12.1 Å². The summed E-state index contributed by atoms with van der Waals surface area (Å²) in [6.45, 7) is 1.07. The number of phenolic OH excluding ortho intramolecular Hbond substituents is 1. The van der Waals surface area contributed by atoms with Crippen molar-refractivity contribution in [3.8, 4) is 5.75 Å². The topological polar surface area (TPSA) is 80.4 Å². The SMILES string of the molecule is CC(=O)c1cc(C(F)F)c([N+](=O)[O-])cc1O. The van der Waals surface area contributed by atoms with Crippen LogP contribution in [0.25, 0.3) is 0 Å². The molecule has 0 saturated carbocycles. The Morgan fingerprint density at radius 1 is 1.50 bits per heavy atom. The van der Waals surface area contributed by atoms with Crippen LogP contribution in [0.1, 0.15) is 29.3 Å². The van der Waals surface area contributed by atoms with Crippen LogP contribution >= 0.6 is 0 Å². The number of phenols is 1. The Morgan fingerprint density at radius 3 is 2.44 bits per heavy atom. The maximum Gasteiger partial charge on any atom is 0.282 e. The monoisotopic (exact) mass is 231 g/mol. The molecule has 0 bridgehead atoms. The highest BCUT2D eigenvalue weighted by atomic mass is 19.3. The van der Waals surface area contributed by atoms with E-state index in [9.17, 15) is 28.8 Å². The van der Waals surface area contributed by atoms with Gasteiger partial charge >= 0.3 is 0 Å². The van der Waals surface area contributed by atoms with E-state index in [1.807, 2.05) is 0 Å². The van der Waals surface area contributed by atoms with E-state index >= 15 is 0 Å². The molecule has 0 amide bonds. The molecule has 0 aliphatic rings. The number of nitro groups is 1. The molecule has 0 radical (unpaired) electrons. The fourth-order valence-electron chi connectivity index (χ4n) is 1.21. The Hall–Kier alpha value is -2.05. The van der Waals surface area contributed by atoms with Gasteiger partial charge < -0.3 is 5.11 Å². The average molecular weight is 231 g/mol. The predicted octanol–water partition coefficient (Wildman–Crippen LogP) is 2.44. The number of nitrogens with zero attached hydrogens (tertiary/aromatic N) is 1. The molecule has 0 saturated heterocycles. The number of carbonyl (C=O) groups is 1. The summed E-state index contributed by atoms with van der Waals surface area (Å²) in [5.41, 5.74) is -2.15. The van der Waals surface area contributed by atoms with Gasteiger partial charge in [0.1, 0.15) is 5.75 Å². The molecule has 0 aromatic heterocycles. The minimum Gasteiger partial charge on any atom is -0.507 e. The van der Waals surface area contributed by atoms with Crippen molar-refractivity contribution in [3.05, 3.63) is 33.4 Å². The Bertz CT molecular complexity index is 459. The number of benzene rings is 1. The number of nitro benzene ring substituents is 1. The molecule has 0 heterocycles. The molecule has 7 heteroatoms. The molecule has 5 nitrogen and oxygen atoms in total. The lowest BCUT2D eigenvalue weighted by atomic mass is 10.0. The van der Waals surface area contributed by atoms with E-state index in [1.165, 1.54) is 0 Å². The fraction of sp³-hybridized carbons (Fsp3) is 0.222. The van der Waals surface area contributed by atoms with E-state index in [0.29, 0.717) is 12.1 Å². The number of aromatic hydroxyl groups is 1. The highest BCUT2D eigenvalue weighted by Gasteiger charge is 2.25. The summed E-state index contributed by atoms with van der Waals surface area (Å²) >= 11 is 0. The molecule has 0 unspecified atom stereocenters. The number of hydrogen-bond donors (Lipinski definition) is 1. The third-order valence-corrected chi connectivity index (χ3v) is 1.96. The lowest BCUT2D eigenvalue weighted by Gasteiger charge is -2.05. The lowest BCUT2D eigenvalue weighted by Crippen LogP contribution is -2.01. The minimum atomic E-state index is -3.08. The molecule has 0 fully saturated rings. The molecule has 1 N–H and O–H groups in total. The normalized spacial score (nSPS) is 10.5. The Balaban J connectivity index is 3.49. The standard InChI is InChI=1S/C9H7F2NO4/c1-4(13)5-2-6(9(10)11)7(12(15)16)3-8(5)14/h2-3,9,14H,1H3. The number of ketones is 1. The first-order valence-electron chi connectivity index (χ1n) is 4.15. The first-order valence-corrected chi connectivity index (χ1v) is 4.15. The van der Waals surface area contributed by atoms with Gasteiger partial charge in [-0.1, -0.05) is 0 Å². The largest absolute Gasteiger partial charge is 0.507 e. The quantitative estimate of drug-likeness (QED) is 0.492. The van der Waals surface area contributed by atoms with Crippen LogP contribution in [0.15, 0.2) is 12.1 Å². The van der Waals surface area contributed by atoms with Gasteiger partial charge in [-0.15, -0.1) is 0 Å². The first kappa shape index (κ1) is 12.0. The van der Waals surface area contributed by atoms with Gasteiger partial charge in [-0.2, -0.15) is 0 Å².